The zero-order chi connectivity index (χ0) is 15.7. The topological polar surface area (TPSA) is 84.0 Å². The van der Waals surface area contributed by atoms with Crippen molar-refractivity contribution in [2.24, 2.45) is 0 Å². The molecule has 0 fully saturated rings. The van der Waals surface area contributed by atoms with E-state index in [0.29, 0.717) is 11.7 Å². The molecule has 0 aliphatic rings. The Labute approximate surface area is 129 Å². The van der Waals surface area contributed by atoms with E-state index < -0.39 is 0 Å². The van der Waals surface area contributed by atoms with Gasteiger partial charge in [-0.3, -0.25) is 9.59 Å². The highest BCUT2D eigenvalue weighted by molar-refractivity contribution is 7.15. The van der Waals surface area contributed by atoms with Crippen molar-refractivity contribution in [3.63, 3.8) is 0 Å². The molecule has 0 saturated carbocycles. The maximum Gasteiger partial charge on any atom is 0.235 e. The van der Waals surface area contributed by atoms with Gasteiger partial charge in [-0.05, 0) is 6.42 Å². The minimum Gasteiger partial charge on any atom is -0.356 e. The van der Waals surface area contributed by atoms with Gasteiger partial charge in [-0.25, -0.2) is 0 Å². The average Bonchev–Trinajstić information content (AvgIpc) is 2.87. The molecule has 21 heavy (non-hydrogen) atoms. The number of unbranched alkanes of at least 4 members (excludes halogenated alkanes) is 3. The summed E-state index contributed by atoms with van der Waals surface area (Å²) in [6, 6.07) is 0. The largest absolute Gasteiger partial charge is 0.356 e. The fraction of sp³-hybridized carbons (Fsp3) is 0.714. The number of hydrogen-bond acceptors (Lipinski definition) is 5. The van der Waals surface area contributed by atoms with E-state index in [1.165, 1.54) is 17.8 Å². The summed E-state index contributed by atoms with van der Waals surface area (Å²) >= 11 is 1.34. The predicted octanol–water partition coefficient (Wildman–Crippen LogP) is 2.69. The van der Waals surface area contributed by atoms with Crippen LogP contribution in [0.4, 0.5) is 5.13 Å². The average molecular weight is 312 g/mol. The molecule has 0 saturated heterocycles. The number of anilines is 1. The molecule has 0 bridgehead atoms. The molecule has 0 spiro atoms. The van der Waals surface area contributed by atoms with Crippen molar-refractivity contribution in [1.29, 1.82) is 0 Å². The van der Waals surface area contributed by atoms with Crippen LogP contribution in [-0.4, -0.2) is 28.6 Å². The van der Waals surface area contributed by atoms with Crippen LogP contribution in [0.5, 0.6) is 0 Å². The van der Waals surface area contributed by atoms with Crippen molar-refractivity contribution in [3.05, 3.63) is 5.01 Å². The summed E-state index contributed by atoms with van der Waals surface area (Å²) in [7, 11) is 0. The van der Waals surface area contributed by atoms with E-state index in [4.69, 9.17) is 0 Å². The molecular formula is C14H24N4O2S. The van der Waals surface area contributed by atoms with Gasteiger partial charge < -0.3 is 10.6 Å². The first-order chi connectivity index (χ1) is 10.0. The van der Waals surface area contributed by atoms with Gasteiger partial charge >= 0.3 is 0 Å². The van der Waals surface area contributed by atoms with Crippen LogP contribution < -0.4 is 10.6 Å². The third-order valence-corrected chi connectivity index (χ3v) is 3.99. The van der Waals surface area contributed by atoms with Crippen LogP contribution in [-0.2, 0) is 9.59 Å². The Morgan fingerprint density at radius 2 is 1.90 bits per heavy atom. The Kier molecular flexibility index (Phi) is 7.89. The molecule has 0 unspecified atom stereocenters. The maximum absolute atomic E-state index is 11.7. The van der Waals surface area contributed by atoms with E-state index in [1.807, 2.05) is 13.8 Å². The van der Waals surface area contributed by atoms with Crippen molar-refractivity contribution in [2.45, 2.75) is 58.8 Å². The number of hydrogen-bond donors (Lipinski definition) is 2. The second-order valence-corrected chi connectivity index (χ2v) is 6.24. The number of amides is 2. The van der Waals surface area contributed by atoms with Crippen LogP contribution in [0.1, 0.15) is 63.8 Å². The molecule has 2 amide bonds. The molecule has 118 valence electrons. The second-order valence-electron chi connectivity index (χ2n) is 5.24. The lowest BCUT2D eigenvalue weighted by atomic mass is 10.2. The first-order valence-corrected chi connectivity index (χ1v) is 8.24. The highest BCUT2D eigenvalue weighted by Gasteiger charge is 2.13. The highest BCUT2D eigenvalue weighted by Crippen LogP contribution is 2.22. The van der Waals surface area contributed by atoms with E-state index in [0.717, 1.165) is 24.3 Å². The van der Waals surface area contributed by atoms with Crippen molar-refractivity contribution >= 4 is 28.3 Å². The first kappa shape index (κ1) is 17.6. The van der Waals surface area contributed by atoms with Crippen LogP contribution in [0, 0.1) is 0 Å². The maximum atomic E-state index is 11.7. The molecule has 0 aliphatic carbocycles. The van der Waals surface area contributed by atoms with Crippen LogP contribution in [0.15, 0.2) is 0 Å². The molecule has 7 heteroatoms. The minimum absolute atomic E-state index is 0.176. The van der Waals surface area contributed by atoms with Gasteiger partial charge in [0, 0.05) is 12.5 Å². The SMILES string of the molecule is CCCCCCNC(=O)CC(=O)Nc1nnc(C(C)C)s1. The molecule has 0 atom stereocenters. The summed E-state index contributed by atoms with van der Waals surface area (Å²) in [6.07, 6.45) is 4.22. The van der Waals surface area contributed by atoms with E-state index in [-0.39, 0.29) is 24.2 Å². The molecule has 1 aromatic heterocycles. The molecule has 6 nitrogen and oxygen atoms in total. The van der Waals surface area contributed by atoms with Crippen LogP contribution in [0.3, 0.4) is 0 Å². The minimum atomic E-state index is -0.354. The van der Waals surface area contributed by atoms with Crippen molar-refractivity contribution in [1.82, 2.24) is 15.5 Å². The fourth-order valence-corrected chi connectivity index (χ4v) is 2.43. The molecule has 0 aliphatic heterocycles. The summed E-state index contributed by atoms with van der Waals surface area (Å²) in [5.41, 5.74) is 0. The lowest BCUT2D eigenvalue weighted by Gasteiger charge is -2.04. The summed E-state index contributed by atoms with van der Waals surface area (Å²) in [6.45, 7) is 6.79. The van der Waals surface area contributed by atoms with Gasteiger partial charge in [0.05, 0.1) is 0 Å². The predicted molar refractivity (Wildman–Crippen MR) is 84.4 cm³/mol. The van der Waals surface area contributed by atoms with Gasteiger partial charge in [0.25, 0.3) is 0 Å². The number of rotatable bonds is 9. The van der Waals surface area contributed by atoms with Crippen LogP contribution in [0.2, 0.25) is 0 Å². The zero-order valence-corrected chi connectivity index (χ0v) is 13.8. The first-order valence-electron chi connectivity index (χ1n) is 7.42. The lowest BCUT2D eigenvalue weighted by Crippen LogP contribution is -2.28. The van der Waals surface area contributed by atoms with Crippen LogP contribution in [0.25, 0.3) is 0 Å². The molecule has 0 radical (unpaired) electrons. The number of nitrogens with zero attached hydrogens (tertiary/aromatic N) is 2. The Hall–Kier alpha value is -1.50. The molecular weight excluding hydrogens is 288 g/mol. The quantitative estimate of drug-likeness (QED) is 0.542. The molecule has 0 aromatic carbocycles. The highest BCUT2D eigenvalue weighted by atomic mass is 32.1. The zero-order valence-electron chi connectivity index (χ0n) is 12.9. The van der Waals surface area contributed by atoms with Crippen molar-refractivity contribution in [2.75, 3.05) is 11.9 Å². The van der Waals surface area contributed by atoms with E-state index >= 15 is 0 Å². The number of aromatic nitrogens is 2. The normalized spacial score (nSPS) is 10.7. The Balaban J connectivity index is 2.24. The summed E-state index contributed by atoms with van der Waals surface area (Å²) in [5.74, 6) is -0.329. The van der Waals surface area contributed by atoms with Gasteiger partial charge in [-0.15, -0.1) is 10.2 Å². The van der Waals surface area contributed by atoms with Gasteiger partial charge in [0.2, 0.25) is 16.9 Å². The number of carbonyl (C=O) groups is 2. The summed E-state index contributed by atoms with van der Waals surface area (Å²) in [4.78, 5) is 23.3. The third-order valence-electron chi connectivity index (χ3n) is 2.85. The number of nitrogens with one attached hydrogen (secondary N) is 2. The summed E-state index contributed by atoms with van der Waals surface area (Å²) in [5, 5.41) is 14.5. The third kappa shape index (κ3) is 7.17. The fourth-order valence-electron chi connectivity index (χ4n) is 1.67. The lowest BCUT2D eigenvalue weighted by molar-refractivity contribution is -0.126. The Bertz CT molecular complexity index is 460. The molecule has 1 aromatic rings. The van der Waals surface area contributed by atoms with Crippen molar-refractivity contribution in [3.8, 4) is 0 Å². The van der Waals surface area contributed by atoms with Gasteiger partial charge in [-0.2, -0.15) is 0 Å². The number of carbonyl (C=O) groups excluding carboxylic acids is 2. The molecule has 2 N–H and O–H groups in total. The van der Waals surface area contributed by atoms with E-state index in [9.17, 15) is 9.59 Å². The monoisotopic (exact) mass is 312 g/mol. The molecule has 1 heterocycles. The Morgan fingerprint density at radius 1 is 1.14 bits per heavy atom. The van der Waals surface area contributed by atoms with Crippen molar-refractivity contribution < 1.29 is 9.59 Å². The second kappa shape index (κ2) is 9.44. The van der Waals surface area contributed by atoms with Gasteiger partial charge in [0.1, 0.15) is 11.4 Å². The van der Waals surface area contributed by atoms with E-state index in [2.05, 4.69) is 27.8 Å². The Morgan fingerprint density at radius 3 is 2.52 bits per heavy atom. The smallest absolute Gasteiger partial charge is 0.235 e. The summed E-state index contributed by atoms with van der Waals surface area (Å²) < 4.78 is 0. The van der Waals surface area contributed by atoms with Gasteiger partial charge in [-0.1, -0.05) is 51.4 Å². The standard InChI is InChI=1S/C14H24N4O2S/c1-4-5-6-7-8-15-11(19)9-12(20)16-14-18-17-13(21-14)10(2)3/h10H,4-9H2,1-3H3,(H,15,19)(H,16,18,20). The van der Waals surface area contributed by atoms with Gasteiger partial charge in [0.15, 0.2) is 0 Å². The molecule has 1 rings (SSSR count). The van der Waals surface area contributed by atoms with Crippen LogP contribution >= 0.6 is 11.3 Å². The van der Waals surface area contributed by atoms with E-state index in [1.54, 1.807) is 0 Å².